The fraction of sp³-hybridized carbons (Fsp3) is 1.00. The SMILES string of the molecule is CCN1CCC1(C)CC. The van der Waals surface area contributed by atoms with Gasteiger partial charge in [-0.2, -0.15) is 0 Å². The Labute approximate surface area is 58.0 Å². The van der Waals surface area contributed by atoms with Crippen molar-refractivity contribution in [2.45, 2.75) is 39.2 Å². The van der Waals surface area contributed by atoms with Crippen LogP contribution < -0.4 is 0 Å². The molecule has 9 heavy (non-hydrogen) atoms. The highest BCUT2D eigenvalue weighted by atomic mass is 15.2. The normalized spacial score (nSPS) is 36.3. The van der Waals surface area contributed by atoms with Crippen LogP contribution in [-0.2, 0) is 0 Å². The molecule has 1 atom stereocenters. The summed E-state index contributed by atoms with van der Waals surface area (Å²) < 4.78 is 0. The van der Waals surface area contributed by atoms with E-state index in [-0.39, 0.29) is 0 Å². The summed E-state index contributed by atoms with van der Waals surface area (Å²) in [7, 11) is 0. The monoisotopic (exact) mass is 127 g/mol. The van der Waals surface area contributed by atoms with E-state index in [2.05, 4.69) is 25.7 Å². The van der Waals surface area contributed by atoms with Crippen molar-refractivity contribution < 1.29 is 0 Å². The van der Waals surface area contributed by atoms with Crippen molar-refractivity contribution in [1.29, 1.82) is 0 Å². The lowest BCUT2D eigenvalue weighted by atomic mass is 9.84. The minimum absolute atomic E-state index is 0.564. The maximum absolute atomic E-state index is 2.55. The third-order valence-corrected chi connectivity index (χ3v) is 2.83. The molecule has 0 radical (unpaired) electrons. The van der Waals surface area contributed by atoms with Crippen LogP contribution in [0.4, 0.5) is 0 Å². The lowest BCUT2D eigenvalue weighted by Gasteiger charge is -2.50. The van der Waals surface area contributed by atoms with Gasteiger partial charge in [0.15, 0.2) is 0 Å². The summed E-state index contributed by atoms with van der Waals surface area (Å²) in [5.74, 6) is 0. The van der Waals surface area contributed by atoms with E-state index >= 15 is 0 Å². The van der Waals surface area contributed by atoms with Crippen LogP contribution in [-0.4, -0.2) is 23.5 Å². The van der Waals surface area contributed by atoms with Crippen LogP contribution in [0.15, 0.2) is 0 Å². The molecule has 1 rings (SSSR count). The molecule has 1 unspecified atom stereocenters. The van der Waals surface area contributed by atoms with Crippen molar-refractivity contribution in [2.75, 3.05) is 13.1 Å². The summed E-state index contributed by atoms with van der Waals surface area (Å²) in [6, 6.07) is 0. The summed E-state index contributed by atoms with van der Waals surface area (Å²) in [6.45, 7) is 9.43. The first-order valence-electron chi connectivity index (χ1n) is 3.98. The molecule has 0 N–H and O–H groups in total. The van der Waals surface area contributed by atoms with E-state index in [1.807, 2.05) is 0 Å². The van der Waals surface area contributed by atoms with Crippen molar-refractivity contribution >= 4 is 0 Å². The van der Waals surface area contributed by atoms with Gasteiger partial charge in [0.05, 0.1) is 0 Å². The lowest BCUT2D eigenvalue weighted by molar-refractivity contribution is 0.00281. The fourth-order valence-corrected chi connectivity index (χ4v) is 1.59. The number of hydrogen-bond donors (Lipinski definition) is 0. The third kappa shape index (κ3) is 0.983. The molecule has 1 heteroatoms. The molecule has 1 aliphatic rings. The number of rotatable bonds is 2. The maximum atomic E-state index is 2.55. The summed E-state index contributed by atoms with van der Waals surface area (Å²) in [4.78, 5) is 2.55. The Bertz CT molecular complexity index is 94.7. The summed E-state index contributed by atoms with van der Waals surface area (Å²) in [5, 5.41) is 0. The molecule has 1 nitrogen and oxygen atoms in total. The summed E-state index contributed by atoms with van der Waals surface area (Å²) >= 11 is 0. The van der Waals surface area contributed by atoms with Crippen molar-refractivity contribution in [3.8, 4) is 0 Å². The van der Waals surface area contributed by atoms with Gasteiger partial charge in [0.25, 0.3) is 0 Å². The van der Waals surface area contributed by atoms with Crippen LogP contribution in [0, 0.1) is 0 Å². The Hall–Kier alpha value is -0.0400. The van der Waals surface area contributed by atoms with Gasteiger partial charge in [0.1, 0.15) is 0 Å². The molecule has 1 aliphatic heterocycles. The highest BCUT2D eigenvalue weighted by Gasteiger charge is 2.36. The summed E-state index contributed by atoms with van der Waals surface area (Å²) in [5.41, 5.74) is 0.564. The molecule has 0 aromatic heterocycles. The van der Waals surface area contributed by atoms with Gasteiger partial charge in [-0.3, -0.25) is 4.90 Å². The Morgan fingerprint density at radius 1 is 1.44 bits per heavy atom. The Kier molecular flexibility index (Phi) is 1.80. The lowest BCUT2D eigenvalue weighted by Crippen LogP contribution is -2.57. The van der Waals surface area contributed by atoms with Gasteiger partial charge in [-0.25, -0.2) is 0 Å². The Morgan fingerprint density at radius 3 is 2.22 bits per heavy atom. The van der Waals surface area contributed by atoms with Crippen LogP contribution in [0.3, 0.4) is 0 Å². The highest BCUT2D eigenvalue weighted by molar-refractivity contribution is 4.93. The van der Waals surface area contributed by atoms with E-state index in [1.54, 1.807) is 0 Å². The average molecular weight is 127 g/mol. The first-order valence-corrected chi connectivity index (χ1v) is 3.98. The minimum atomic E-state index is 0.564. The van der Waals surface area contributed by atoms with Gasteiger partial charge in [0, 0.05) is 12.1 Å². The smallest absolute Gasteiger partial charge is 0.0190 e. The molecule has 0 aromatic carbocycles. The molecule has 0 bridgehead atoms. The van der Waals surface area contributed by atoms with Gasteiger partial charge < -0.3 is 0 Å². The first-order chi connectivity index (χ1) is 4.23. The summed E-state index contributed by atoms with van der Waals surface area (Å²) in [6.07, 6.45) is 2.71. The van der Waals surface area contributed by atoms with E-state index < -0.39 is 0 Å². The maximum Gasteiger partial charge on any atom is 0.0190 e. The van der Waals surface area contributed by atoms with Gasteiger partial charge in [0.2, 0.25) is 0 Å². The zero-order valence-electron chi connectivity index (χ0n) is 6.78. The quantitative estimate of drug-likeness (QED) is 0.547. The third-order valence-electron chi connectivity index (χ3n) is 2.83. The van der Waals surface area contributed by atoms with Crippen molar-refractivity contribution in [2.24, 2.45) is 0 Å². The Morgan fingerprint density at radius 2 is 2.11 bits per heavy atom. The van der Waals surface area contributed by atoms with Crippen LogP contribution in [0.5, 0.6) is 0 Å². The van der Waals surface area contributed by atoms with E-state index in [9.17, 15) is 0 Å². The largest absolute Gasteiger partial charge is 0.298 e. The van der Waals surface area contributed by atoms with E-state index in [0.717, 1.165) is 0 Å². The van der Waals surface area contributed by atoms with Crippen LogP contribution in [0.2, 0.25) is 0 Å². The molecule has 1 fully saturated rings. The molecule has 0 saturated carbocycles. The van der Waals surface area contributed by atoms with Crippen molar-refractivity contribution in [3.05, 3.63) is 0 Å². The average Bonchev–Trinajstić information content (AvgIpc) is 1.85. The molecule has 54 valence electrons. The molecule has 0 amide bonds. The first kappa shape index (κ1) is 7.07. The molecule has 0 aromatic rings. The molecule has 1 heterocycles. The molecule has 0 aliphatic carbocycles. The second-order valence-electron chi connectivity index (χ2n) is 3.18. The highest BCUT2D eigenvalue weighted by Crippen LogP contribution is 2.32. The van der Waals surface area contributed by atoms with Crippen LogP contribution >= 0.6 is 0 Å². The van der Waals surface area contributed by atoms with Crippen molar-refractivity contribution in [1.82, 2.24) is 4.90 Å². The van der Waals surface area contributed by atoms with E-state index in [1.165, 1.54) is 25.9 Å². The molecule has 1 saturated heterocycles. The number of hydrogen-bond acceptors (Lipinski definition) is 1. The second kappa shape index (κ2) is 2.30. The zero-order valence-corrected chi connectivity index (χ0v) is 6.78. The number of likely N-dealkylation sites (tertiary alicyclic amines) is 1. The molecular formula is C8H17N. The predicted octanol–water partition coefficient (Wildman–Crippen LogP) is 1.88. The van der Waals surface area contributed by atoms with Crippen molar-refractivity contribution in [3.63, 3.8) is 0 Å². The minimum Gasteiger partial charge on any atom is -0.298 e. The van der Waals surface area contributed by atoms with Crippen LogP contribution in [0.1, 0.15) is 33.6 Å². The molecular weight excluding hydrogens is 110 g/mol. The van der Waals surface area contributed by atoms with E-state index in [0.29, 0.717) is 5.54 Å². The molecule has 0 spiro atoms. The fourth-order valence-electron chi connectivity index (χ4n) is 1.59. The predicted molar refractivity (Wildman–Crippen MR) is 40.6 cm³/mol. The van der Waals surface area contributed by atoms with Gasteiger partial charge in [-0.15, -0.1) is 0 Å². The second-order valence-corrected chi connectivity index (χ2v) is 3.18. The van der Waals surface area contributed by atoms with Gasteiger partial charge in [-0.1, -0.05) is 13.8 Å². The number of nitrogens with zero attached hydrogens (tertiary/aromatic N) is 1. The van der Waals surface area contributed by atoms with Crippen LogP contribution in [0.25, 0.3) is 0 Å². The topological polar surface area (TPSA) is 3.24 Å². The van der Waals surface area contributed by atoms with Gasteiger partial charge in [-0.05, 0) is 26.3 Å². The zero-order chi connectivity index (χ0) is 6.91. The van der Waals surface area contributed by atoms with Gasteiger partial charge >= 0.3 is 0 Å². The van der Waals surface area contributed by atoms with E-state index in [4.69, 9.17) is 0 Å². The Balaban J connectivity index is 2.41. The standard InChI is InChI=1S/C8H17N/c1-4-8(3)6-7-9(8)5-2/h4-7H2,1-3H3.